The molecule has 1 aromatic carbocycles. The third-order valence-corrected chi connectivity index (χ3v) is 6.31. The first-order chi connectivity index (χ1) is 16.1. The van der Waals surface area contributed by atoms with Gasteiger partial charge in [0.15, 0.2) is 0 Å². The zero-order valence-corrected chi connectivity index (χ0v) is 22.6. The average Bonchev–Trinajstić information content (AvgIpc) is 3.20. The van der Waals surface area contributed by atoms with Gasteiger partial charge in [-0.1, -0.05) is 18.2 Å². The van der Waals surface area contributed by atoms with E-state index in [4.69, 9.17) is 14.2 Å². The molecule has 1 aliphatic heterocycles. The fraction of sp³-hybridized carbons (Fsp3) is 0.520. The summed E-state index contributed by atoms with van der Waals surface area (Å²) in [5.74, 6) is -2.89. The van der Waals surface area contributed by atoms with Crippen molar-refractivity contribution in [1.29, 1.82) is 0 Å². The lowest BCUT2D eigenvalue weighted by Crippen LogP contribution is -2.38. The van der Waals surface area contributed by atoms with Crippen LogP contribution in [0.15, 0.2) is 28.9 Å². The Labute approximate surface area is 212 Å². The molecule has 35 heavy (non-hydrogen) atoms. The molecule has 2 atom stereocenters. The molecule has 0 bridgehead atoms. The highest BCUT2D eigenvalue weighted by Crippen LogP contribution is 2.37. The Hall–Kier alpha value is -2.88. The molecule has 190 valence electrons. The Kier molecular flexibility index (Phi) is 7.36. The van der Waals surface area contributed by atoms with Gasteiger partial charge in [-0.05, 0) is 75.5 Å². The van der Waals surface area contributed by atoms with Crippen molar-refractivity contribution < 1.29 is 33.4 Å². The van der Waals surface area contributed by atoms with Gasteiger partial charge >= 0.3 is 18.2 Å². The van der Waals surface area contributed by atoms with E-state index in [9.17, 15) is 19.2 Å². The van der Waals surface area contributed by atoms with Crippen molar-refractivity contribution >= 4 is 50.9 Å². The summed E-state index contributed by atoms with van der Waals surface area (Å²) in [6, 6.07) is 7.21. The maximum atomic E-state index is 13.3. The lowest BCUT2D eigenvalue weighted by Gasteiger charge is -2.23. The van der Waals surface area contributed by atoms with Crippen molar-refractivity contribution in [2.24, 2.45) is 11.8 Å². The first kappa shape index (κ1) is 26.7. The molecule has 3 rings (SSSR count). The first-order valence-corrected chi connectivity index (χ1v) is 12.1. The highest BCUT2D eigenvalue weighted by Gasteiger charge is 2.49. The number of nitrogens with zero attached hydrogens (tertiary/aromatic N) is 2. The highest BCUT2D eigenvalue weighted by molar-refractivity contribution is 9.10. The number of ether oxygens (including phenoxy) is 3. The monoisotopic (exact) mass is 550 g/mol. The molecule has 0 unspecified atom stereocenters. The first-order valence-electron chi connectivity index (χ1n) is 11.3. The maximum Gasteiger partial charge on any atom is 0.419 e. The molecule has 0 N–H and O–H groups in total. The summed E-state index contributed by atoms with van der Waals surface area (Å²) in [4.78, 5) is 52.6. The van der Waals surface area contributed by atoms with Crippen LogP contribution in [-0.4, -0.2) is 58.4 Å². The molecule has 9 nitrogen and oxygen atoms in total. The van der Waals surface area contributed by atoms with Crippen LogP contribution in [0.5, 0.6) is 0 Å². The Morgan fingerprint density at radius 1 is 1.00 bits per heavy atom. The van der Waals surface area contributed by atoms with E-state index in [1.807, 2.05) is 12.1 Å². The molecular formula is C25H31BrN2O7. The molecular weight excluding hydrogens is 520 g/mol. The van der Waals surface area contributed by atoms with Gasteiger partial charge < -0.3 is 14.2 Å². The second-order valence-corrected chi connectivity index (χ2v) is 11.2. The predicted molar refractivity (Wildman–Crippen MR) is 132 cm³/mol. The number of carbonyl (C=O) groups excluding carboxylic acids is 4. The van der Waals surface area contributed by atoms with Crippen LogP contribution in [0.4, 0.5) is 9.59 Å². The summed E-state index contributed by atoms with van der Waals surface area (Å²) in [6.07, 6.45) is -1.30. The third-order valence-electron chi connectivity index (χ3n) is 5.48. The van der Waals surface area contributed by atoms with E-state index < -0.39 is 47.1 Å². The average molecular weight is 551 g/mol. The topological polar surface area (TPSA) is 104 Å². The number of amides is 2. The van der Waals surface area contributed by atoms with Gasteiger partial charge in [-0.2, -0.15) is 0 Å². The molecule has 1 aromatic heterocycles. The number of carbonyl (C=O) groups is 4. The van der Waals surface area contributed by atoms with E-state index >= 15 is 0 Å². The minimum Gasteiger partial charge on any atom is -0.469 e. The van der Waals surface area contributed by atoms with E-state index in [1.165, 1.54) is 11.7 Å². The number of likely N-dealkylation sites (tertiary alicyclic amines) is 1. The van der Waals surface area contributed by atoms with E-state index in [-0.39, 0.29) is 13.0 Å². The molecule has 0 saturated carbocycles. The van der Waals surface area contributed by atoms with Gasteiger partial charge in [0.2, 0.25) is 5.91 Å². The Morgan fingerprint density at radius 2 is 1.57 bits per heavy atom. The molecule has 10 heteroatoms. The van der Waals surface area contributed by atoms with Crippen LogP contribution < -0.4 is 0 Å². The number of esters is 1. The number of hydrogen-bond acceptors (Lipinski definition) is 7. The molecule has 2 amide bonds. The van der Waals surface area contributed by atoms with Crippen LogP contribution in [0, 0.1) is 11.8 Å². The molecule has 0 aliphatic carbocycles. The molecule has 1 aliphatic rings. The maximum absolute atomic E-state index is 13.3. The molecule has 1 saturated heterocycles. The van der Waals surface area contributed by atoms with Gasteiger partial charge in [-0.25, -0.2) is 19.1 Å². The Morgan fingerprint density at radius 3 is 2.14 bits per heavy atom. The summed E-state index contributed by atoms with van der Waals surface area (Å²) in [6.45, 7) is 10.3. The number of fused-ring (bicyclic) bond motifs is 1. The fourth-order valence-corrected chi connectivity index (χ4v) is 4.77. The van der Waals surface area contributed by atoms with Gasteiger partial charge in [0.05, 0.1) is 29.1 Å². The van der Waals surface area contributed by atoms with Crippen molar-refractivity contribution in [3.63, 3.8) is 0 Å². The van der Waals surface area contributed by atoms with Crippen LogP contribution in [0.1, 0.15) is 47.1 Å². The van der Waals surface area contributed by atoms with E-state index in [2.05, 4.69) is 15.9 Å². The van der Waals surface area contributed by atoms with Gasteiger partial charge in [-0.15, -0.1) is 0 Å². The molecule has 0 spiro atoms. The standard InChI is InChI=1S/C25H31BrN2O7/c1-24(2,3)34-22(31)27-13-17(21(30)33-7)16(20(27)29)12-15-14-10-8-9-11-18(14)28(19(15)26)23(32)35-25(4,5)6/h8-11,16-17H,12-13H2,1-7H3/t16-,17+/m0/s1. The van der Waals surface area contributed by atoms with Crippen molar-refractivity contribution in [2.45, 2.75) is 59.2 Å². The summed E-state index contributed by atoms with van der Waals surface area (Å²) >= 11 is 3.52. The zero-order chi connectivity index (χ0) is 26.3. The van der Waals surface area contributed by atoms with Crippen molar-refractivity contribution in [2.75, 3.05) is 13.7 Å². The highest BCUT2D eigenvalue weighted by atomic mass is 79.9. The largest absolute Gasteiger partial charge is 0.469 e. The van der Waals surface area contributed by atoms with Crippen molar-refractivity contribution in [1.82, 2.24) is 9.47 Å². The minimum atomic E-state index is -0.885. The minimum absolute atomic E-state index is 0.0921. The van der Waals surface area contributed by atoms with Gasteiger partial charge in [-0.3, -0.25) is 9.59 Å². The van der Waals surface area contributed by atoms with E-state index in [0.29, 0.717) is 15.7 Å². The van der Waals surface area contributed by atoms with Crippen LogP contribution in [0.25, 0.3) is 10.9 Å². The lowest BCUT2D eigenvalue weighted by atomic mass is 9.89. The number of benzene rings is 1. The zero-order valence-electron chi connectivity index (χ0n) is 21.0. The molecule has 1 fully saturated rings. The molecule has 2 aromatic rings. The van der Waals surface area contributed by atoms with Crippen LogP contribution in [-0.2, 0) is 30.2 Å². The SMILES string of the molecule is COC(=O)[C@@H]1CN(C(=O)OC(C)(C)C)C(=O)[C@H]1Cc1c(Br)n(C(=O)OC(C)(C)C)c2ccccc12. The number of para-hydroxylation sites is 1. The van der Waals surface area contributed by atoms with E-state index in [1.54, 1.807) is 53.7 Å². The normalized spacial score (nSPS) is 18.6. The number of hydrogen-bond donors (Lipinski definition) is 0. The van der Waals surface area contributed by atoms with Gasteiger partial charge in [0, 0.05) is 11.9 Å². The smallest absolute Gasteiger partial charge is 0.419 e. The number of rotatable bonds is 3. The van der Waals surface area contributed by atoms with E-state index in [0.717, 1.165) is 10.3 Å². The number of halogens is 1. The van der Waals surface area contributed by atoms with Gasteiger partial charge in [0.1, 0.15) is 11.2 Å². The lowest BCUT2D eigenvalue weighted by molar-refractivity contribution is -0.147. The fourth-order valence-electron chi connectivity index (χ4n) is 4.06. The van der Waals surface area contributed by atoms with Crippen molar-refractivity contribution in [3.05, 3.63) is 34.4 Å². The summed E-state index contributed by atoms with van der Waals surface area (Å²) < 4.78 is 17.7. The summed E-state index contributed by atoms with van der Waals surface area (Å²) in [7, 11) is 1.24. The Balaban J connectivity index is 2.03. The Bertz CT molecular complexity index is 1170. The summed E-state index contributed by atoms with van der Waals surface area (Å²) in [5.41, 5.74) is -0.287. The number of methoxy groups -OCH3 is 1. The van der Waals surface area contributed by atoms with Crippen LogP contribution in [0.2, 0.25) is 0 Å². The molecule has 2 heterocycles. The third kappa shape index (κ3) is 5.69. The van der Waals surface area contributed by atoms with Gasteiger partial charge in [0.25, 0.3) is 0 Å². The van der Waals surface area contributed by atoms with Crippen LogP contribution >= 0.6 is 15.9 Å². The molecule has 0 radical (unpaired) electrons. The van der Waals surface area contributed by atoms with Crippen molar-refractivity contribution in [3.8, 4) is 0 Å². The predicted octanol–water partition coefficient (Wildman–Crippen LogP) is 4.91. The number of imide groups is 1. The second kappa shape index (κ2) is 9.64. The second-order valence-electron chi connectivity index (χ2n) is 10.5. The number of aromatic nitrogens is 1. The van der Waals surface area contributed by atoms with Crippen LogP contribution in [0.3, 0.4) is 0 Å². The quantitative estimate of drug-likeness (QED) is 0.394. The summed E-state index contributed by atoms with van der Waals surface area (Å²) in [5, 5.41) is 0.720.